The van der Waals surface area contributed by atoms with Crippen LogP contribution in [0.4, 0.5) is 0 Å². The van der Waals surface area contributed by atoms with Crippen molar-refractivity contribution in [1.82, 2.24) is 0 Å². The number of hydrogen-bond donors (Lipinski definition) is 0. The van der Waals surface area contributed by atoms with E-state index in [2.05, 4.69) is 29.6 Å². The van der Waals surface area contributed by atoms with E-state index in [0.29, 0.717) is 0 Å². The number of thiophene rings is 1. The Hall–Kier alpha value is -1.28. The van der Waals surface area contributed by atoms with Gasteiger partial charge in [0.25, 0.3) is 0 Å². The quantitative estimate of drug-likeness (QED) is 0.745. The van der Waals surface area contributed by atoms with Crippen LogP contribution >= 0.6 is 11.3 Å². The molecule has 0 saturated heterocycles. The first-order valence-electron chi connectivity index (χ1n) is 4.54. The van der Waals surface area contributed by atoms with Crippen molar-refractivity contribution in [3.05, 3.63) is 52.2 Å². The molecule has 1 nitrogen and oxygen atoms in total. The molecular weight excluding hydrogens is 192 g/mol. The van der Waals surface area contributed by atoms with Gasteiger partial charge in [-0.3, -0.25) is 0 Å². The molecule has 14 heavy (non-hydrogen) atoms. The Kier molecular flexibility index (Phi) is 2.84. The summed E-state index contributed by atoms with van der Waals surface area (Å²) in [4.78, 5) is 1.39. The number of hydrogen-bond acceptors (Lipinski definition) is 2. The molecule has 0 bridgehead atoms. The first-order chi connectivity index (χ1) is 6.88. The molecule has 0 amide bonds. The second kappa shape index (κ2) is 4.29. The maximum absolute atomic E-state index is 5.18. The van der Waals surface area contributed by atoms with Crippen molar-refractivity contribution in [2.75, 3.05) is 7.11 Å². The van der Waals surface area contributed by atoms with Crippen molar-refractivity contribution >= 4 is 11.3 Å². The minimum absolute atomic E-state index is 0.930. The van der Waals surface area contributed by atoms with Crippen molar-refractivity contribution < 1.29 is 4.74 Å². The van der Waals surface area contributed by atoms with Gasteiger partial charge in [-0.05, 0) is 29.1 Å². The topological polar surface area (TPSA) is 9.23 Å². The highest BCUT2D eigenvalue weighted by Gasteiger charge is 1.98. The fourth-order valence-corrected chi connectivity index (χ4v) is 2.14. The van der Waals surface area contributed by atoms with E-state index < -0.39 is 0 Å². The summed E-state index contributed by atoms with van der Waals surface area (Å²) in [6.07, 6.45) is 0.995. The van der Waals surface area contributed by atoms with E-state index in [1.54, 1.807) is 18.4 Å². The molecular formula is C12H12OS. The van der Waals surface area contributed by atoms with Gasteiger partial charge < -0.3 is 4.74 Å². The summed E-state index contributed by atoms with van der Waals surface area (Å²) < 4.78 is 5.18. The Morgan fingerprint density at radius 1 is 1.21 bits per heavy atom. The molecule has 0 N–H and O–H groups in total. The first kappa shape index (κ1) is 9.28. The van der Waals surface area contributed by atoms with Gasteiger partial charge in [0.2, 0.25) is 0 Å². The molecule has 0 aliphatic rings. The van der Waals surface area contributed by atoms with Crippen molar-refractivity contribution in [3.8, 4) is 5.75 Å². The monoisotopic (exact) mass is 204 g/mol. The fourth-order valence-electron chi connectivity index (χ4n) is 1.40. The molecule has 0 saturated carbocycles. The van der Waals surface area contributed by atoms with Crippen LogP contribution in [0.15, 0.2) is 41.8 Å². The van der Waals surface area contributed by atoms with Gasteiger partial charge in [-0.1, -0.05) is 18.2 Å². The molecule has 1 heterocycles. The van der Waals surface area contributed by atoms with E-state index >= 15 is 0 Å². The van der Waals surface area contributed by atoms with Gasteiger partial charge in [-0.15, -0.1) is 11.3 Å². The Balaban J connectivity index is 2.17. The SMILES string of the molecule is COc1cccc(Cc2cccs2)c1. The summed E-state index contributed by atoms with van der Waals surface area (Å²) in [5.41, 5.74) is 1.30. The van der Waals surface area contributed by atoms with E-state index in [4.69, 9.17) is 4.74 Å². The van der Waals surface area contributed by atoms with Gasteiger partial charge in [0.15, 0.2) is 0 Å². The van der Waals surface area contributed by atoms with Crippen LogP contribution in [-0.4, -0.2) is 7.11 Å². The van der Waals surface area contributed by atoms with E-state index in [-0.39, 0.29) is 0 Å². The zero-order chi connectivity index (χ0) is 9.80. The zero-order valence-corrected chi connectivity index (χ0v) is 8.88. The highest BCUT2D eigenvalue weighted by molar-refractivity contribution is 7.09. The molecule has 0 atom stereocenters. The van der Waals surface area contributed by atoms with Crippen LogP contribution in [0.25, 0.3) is 0 Å². The minimum Gasteiger partial charge on any atom is -0.497 e. The second-order valence-electron chi connectivity index (χ2n) is 3.11. The van der Waals surface area contributed by atoms with Crippen molar-refractivity contribution in [2.45, 2.75) is 6.42 Å². The van der Waals surface area contributed by atoms with Gasteiger partial charge >= 0.3 is 0 Å². The lowest BCUT2D eigenvalue weighted by atomic mass is 10.1. The lowest BCUT2D eigenvalue weighted by molar-refractivity contribution is 0.414. The highest BCUT2D eigenvalue weighted by atomic mass is 32.1. The molecule has 0 fully saturated rings. The van der Waals surface area contributed by atoms with Gasteiger partial charge in [-0.25, -0.2) is 0 Å². The van der Waals surface area contributed by atoms with Crippen LogP contribution in [0.2, 0.25) is 0 Å². The molecule has 2 rings (SSSR count). The number of benzene rings is 1. The minimum atomic E-state index is 0.930. The Morgan fingerprint density at radius 3 is 2.86 bits per heavy atom. The van der Waals surface area contributed by atoms with Crippen LogP contribution in [0, 0.1) is 0 Å². The number of ether oxygens (including phenoxy) is 1. The summed E-state index contributed by atoms with van der Waals surface area (Å²) in [5.74, 6) is 0.930. The summed E-state index contributed by atoms with van der Waals surface area (Å²) in [5, 5.41) is 2.11. The third kappa shape index (κ3) is 2.15. The zero-order valence-electron chi connectivity index (χ0n) is 8.07. The van der Waals surface area contributed by atoms with E-state index in [0.717, 1.165) is 12.2 Å². The molecule has 2 heteroatoms. The molecule has 2 aromatic rings. The Labute approximate surface area is 88.0 Å². The smallest absolute Gasteiger partial charge is 0.119 e. The molecule has 1 aromatic carbocycles. The molecule has 1 aromatic heterocycles. The summed E-state index contributed by atoms with van der Waals surface area (Å²) in [6.45, 7) is 0. The van der Waals surface area contributed by atoms with Crippen LogP contribution < -0.4 is 4.74 Å². The van der Waals surface area contributed by atoms with E-state index in [1.807, 2.05) is 12.1 Å². The summed E-state index contributed by atoms with van der Waals surface area (Å²) in [6, 6.07) is 12.5. The molecule has 0 radical (unpaired) electrons. The first-order valence-corrected chi connectivity index (χ1v) is 5.42. The normalized spacial score (nSPS) is 10.1. The van der Waals surface area contributed by atoms with Crippen molar-refractivity contribution in [3.63, 3.8) is 0 Å². The predicted molar refractivity (Wildman–Crippen MR) is 60.1 cm³/mol. The summed E-state index contributed by atoms with van der Waals surface area (Å²) in [7, 11) is 1.70. The highest BCUT2D eigenvalue weighted by Crippen LogP contribution is 2.18. The Morgan fingerprint density at radius 2 is 2.14 bits per heavy atom. The standard InChI is InChI=1S/C12H12OS/c1-13-11-5-2-4-10(8-11)9-12-6-3-7-14-12/h2-8H,9H2,1H3. The molecule has 0 aliphatic carbocycles. The number of methoxy groups -OCH3 is 1. The van der Waals surface area contributed by atoms with Crippen LogP contribution in [0.5, 0.6) is 5.75 Å². The average molecular weight is 204 g/mol. The fraction of sp³-hybridized carbons (Fsp3) is 0.167. The van der Waals surface area contributed by atoms with E-state index in [9.17, 15) is 0 Å². The van der Waals surface area contributed by atoms with Gasteiger partial charge in [-0.2, -0.15) is 0 Å². The molecule has 0 unspecified atom stereocenters. The maximum atomic E-state index is 5.18. The van der Waals surface area contributed by atoms with Gasteiger partial charge in [0, 0.05) is 11.3 Å². The molecule has 72 valence electrons. The van der Waals surface area contributed by atoms with E-state index in [1.165, 1.54) is 10.4 Å². The average Bonchev–Trinajstić information content (AvgIpc) is 2.71. The molecule has 0 spiro atoms. The number of rotatable bonds is 3. The third-order valence-electron chi connectivity index (χ3n) is 2.09. The largest absolute Gasteiger partial charge is 0.497 e. The van der Waals surface area contributed by atoms with Crippen molar-refractivity contribution in [1.29, 1.82) is 0 Å². The van der Waals surface area contributed by atoms with Crippen LogP contribution in [-0.2, 0) is 6.42 Å². The molecule has 0 aliphatic heterocycles. The third-order valence-corrected chi connectivity index (χ3v) is 2.97. The van der Waals surface area contributed by atoms with Gasteiger partial charge in [0.05, 0.1) is 7.11 Å². The van der Waals surface area contributed by atoms with Crippen LogP contribution in [0.3, 0.4) is 0 Å². The summed E-state index contributed by atoms with van der Waals surface area (Å²) >= 11 is 1.79. The lowest BCUT2D eigenvalue weighted by Crippen LogP contribution is -1.87. The maximum Gasteiger partial charge on any atom is 0.119 e. The van der Waals surface area contributed by atoms with Crippen molar-refractivity contribution in [2.24, 2.45) is 0 Å². The van der Waals surface area contributed by atoms with Crippen LogP contribution in [0.1, 0.15) is 10.4 Å². The Bertz CT molecular complexity index is 392. The van der Waals surface area contributed by atoms with Gasteiger partial charge in [0.1, 0.15) is 5.75 Å². The lowest BCUT2D eigenvalue weighted by Gasteiger charge is -2.02. The second-order valence-corrected chi connectivity index (χ2v) is 4.14. The predicted octanol–water partition coefficient (Wildman–Crippen LogP) is 3.35.